The molecule has 0 bridgehead atoms. The molecule has 0 aliphatic carbocycles. The summed E-state index contributed by atoms with van der Waals surface area (Å²) in [5, 5.41) is 4.34. The summed E-state index contributed by atoms with van der Waals surface area (Å²) >= 11 is 12.5. The van der Waals surface area contributed by atoms with Crippen LogP contribution in [0.5, 0.6) is 0 Å². The van der Waals surface area contributed by atoms with Gasteiger partial charge in [-0.25, -0.2) is 15.0 Å². The van der Waals surface area contributed by atoms with Gasteiger partial charge in [0.25, 0.3) is 5.91 Å². The number of carbonyl (C=O) groups excluding carboxylic acids is 1. The van der Waals surface area contributed by atoms with E-state index in [1.165, 1.54) is 0 Å². The van der Waals surface area contributed by atoms with E-state index in [0.29, 0.717) is 46.0 Å². The first kappa shape index (κ1) is 21.5. The summed E-state index contributed by atoms with van der Waals surface area (Å²) in [6.45, 7) is 3.43. The molecule has 3 aromatic rings. The standard InChI is InChI=1S/C23H23Cl2N5O/c1-15-5-3-12-30(19(15)14-29-20-9-8-16(24)13-28-20)23(31)21-17(6-2-7-18(21)25)22-26-10-4-11-27-22/h2,4,6-11,13,15,19H,3,5,12,14H2,1H3,(H,28,29). The van der Waals surface area contributed by atoms with Crippen molar-refractivity contribution in [3.63, 3.8) is 0 Å². The van der Waals surface area contributed by atoms with Gasteiger partial charge in [0.1, 0.15) is 5.82 Å². The lowest BCUT2D eigenvalue weighted by atomic mass is 9.89. The van der Waals surface area contributed by atoms with Crippen molar-refractivity contribution in [1.29, 1.82) is 0 Å². The fourth-order valence-electron chi connectivity index (χ4n) is 4.01. The third kappa shape index (κ3) is 4.81. The van der Waals surface area contributed by atoms with Crippen molar-refractivity contribution in [3.05, 3.63) is 70.6 Å². The summed E-state index contributed by atoms with van der Waals surface area (Å²) in [4.78, 5) is 28.6. The van der Waals surface area contributed by atoms with E-state index >= 15 is 0 Å². The van der Waals surface area contributed by atoms with Crippen molar-refractivity contribution in [2.75, 3.05) is 18.4 Å². The second-order valence-electron chi connectivity index (χ2n) is 7.66. The molecular formula is C23H23Cl2N5O. The molecule has 31 heavy (non-hydrogen) atoms. The first-order chi connectivity index (χ1) is 15.0. The van der Waals surface area contributed by atoms with Crippen molar-refractivity contribution in [2.45, 2.75) is 25.8 Å². The quantitative estimate of drug-likeness (QED) is 0.572. The zero-order chi connectivity index (χ0) is 21.8. The van der Waals surface area contributed by atoms with Gasteiger partial charge in [0.05, 0.1) is 21.7 Å². The van der Waals surface area contributed by atoms with Crippen molar-refractivity contribution in [1.82, 2.24) is 19.9 Å². The molecule has 4 rings (SSSR count). The minimum Gasteiger partial charge on any atom is -0.368 e. The number of hydrogen-bond donors (Lipinski definition) is 1. The van der Waals surface area contributed by atoms with Crippen molar-refractivity contribution >= 4 is 34.9 Å². The lowest BCUT2D eigenvalue weighted by Crippen LogP contribution is -2.51. The van der Waals surface area contributed by atoms with Crippen LogP contribution in [0.25, 0.3) is 11.4 Å². The highest BCUT2D eigenvalue weighted by molar-refractivity contribution is 6.34. The molecule has 0 saturated carbocycles. The van der Waals surface area contributed by atoms with Crippen LogP contribution in [0.2, 0.25) is 10.0 Å². The van der Waals surface area contributed by atoms with Gasteiger partial charge in [0.2, 0.25) is 0 Å². The second kappa shape index (κ2) is 9.62. The minimum absolute atomic E-state index is 0.000424. The van der Waals surface area contributed by atoms with Crippen LogP contribution in [0.1, 0.15) is 30.1 Å². The molecule has 2 aromatic heterocycles. The number of amides is 1. The number of carbonyl (C=O) groups is 1. The van der Waals surface area contributed by atoms with E-state index in [0.717, 1.165) is 18.7 Å². The summed E-state index contributed by atoms with van der Waals surface area (Å²) < 4.78 is 0. The highest BCUT2D eigenvalue weighted by atomic mass is 35.5. The van der Waals surface area contributed by atoms with Gasteiger partial charge in [-0.15, -0.1) is 0 Å². The third-order valence-corrected chi connectivity index (χ3v) is 6.17. The molecule has 2 unspecified atom stereocenters. The largest absolute Gasteiger partial charge is 0.368 e. The number of likely N-dealkylation sites (tertiary alicyclic amines) is 1. The van der Waals surface area contributed by atoms with Crippen LogP contribution in [0.15, 0.2) is 55.0 Å². The first-order valence-corrected chi connectivity index (χ1v) is 11.0. The van der Waals surface area contributed by atoms with Crippen LogP contribution in [-0.4, -0.2) is 44.9 Å². The molecule has 1 aliphatic rings. The molecule has 8 heteroatoms. The summed E-state index contributed by atoms with van der Waals surface area (Å²) in [6, 6.07) is 10.8. The molecule has 3 heterocycles. The Bertz CT molecular complexity index is 1050. The predicted octanol–water partition coefficient (Wildman–Crippen LogP) is 5.20. The van der Waals surface area contributed by atoms with E-state index in [1.807, 2.05) is 23.1 Å². The molecule has 1 amide bonds. The first-order valence-electron chi connectivity index (χ1n) is 10.3. The Balaban J connectivity index is 1.62. The molecular weight excluding hydrogens is 433 g/mol. The summed E-state index contributed by atoms with van der Waals surface area (Å²) in [5.41, 5.74) is 1.08. The average molecular weight is 456 g/mol. The van der Waals surface area contributed by atoms with Gasteiger partial charge in [0, 0.05) is 37.2 Å². The molecule has 1 aromatic carbocycles. The van der Waals surface area contributed by atoms with Crippen LogP contribution >= 0.6 is 23.2 Å². The van der Waals surface area contributed by atoms with Gasteiger partial charge in [-0.05, 0) is 43.0 Å². The molecule has 2 atom stereocenters. The van der Waals surface area contributed by atoms with E-state index < -0.39 is 0 Å². The Kier molecular flexibility index (Phi) is 6.68. The topological polar surface area (TPSA) is 71.0 Å². The maximum Gasteiger partial charge on any atom is 0.256 e. The number of nitrogens with one attached hydrogen (secondary N) is 1. The number of anilines is 1. The molecule has 160 valence electrons. The van der Waals surface area contributed by atoms with Gasteiger partial charge in [-0.3, -0.25) is 4.79 Å². The van der Waals surface area contributed by atoms with Crippen LogP contribution in [0.4, 0.5) is 5.82 Å². The van der Waals surface area contributed by atoms with Crippen LogP contribution in [0.3, 0.4) is 0 Å². The molecule has 1 N–H and O–H groups in total. The number of piperidine rings is 1. The van der Waals surface area contributed by atoms with E-state index in [2.05, 4.69) is 27.2 Å². The zero-order valence-corrected chi connectivity index (χ0v) is 18.6. The van der Waals surface area contributed by atoms with E-state index in [4.69, 9.17) is 23.2 Å². The Morgan fingerprint density at radius 3 is 2.68 bits per heavy atom. The number of hydrogen-bond acceptors (Lipinski definition) is 5. The Labute approximate surface area is 191 Å². The van der Waals surface area contributed by atoms with Crippen LogP contribution in [-0.2, 0) is 0 Å². The zero-order valence-electron chi connectivity index (χ0n) is 17.1. The van der Waals surface area contributed by atoms with Gasteiger partial charge in [-0.2, -0.15) is 0 Å². The lowest BCUT2D eigenvalue weighted by Gasteiger charge is -2.40. The highest BCUT2D eigenvalue weighted by Gasteiger charge is 2.34. The summed E-state index contributed by atoms with van der Waals surface area (Å²) in [6.07, 6.45) is 6.93. The van der Waals surface area contributed by atoms with E-state index in [9.17, 15) is 4.79 Å². The van der Waals surface area contributed by atoms with Crippen molar-refractivity contribution in [3.8, 4) is 11.4 Å². The number of aromatic nitrogens is 3. The highest BCUT2D eigenvalue weighted by Crippen LogP contribution is 2.32. The van der Waals surface area contributed by atoms with E-state index in [-0.39, 0.29) is 11.9 Å². The monoisotopic (exact) mass is 455 g/mol. The molecule has 6 nitrogen and oxygen atoms in total. The number of pyridine rings is 1. The minimum atomic E-state index is -0.101. The van der Waals surface area contributed by atoms with Gasteiger partial charge in [-0.1, -0.05) is 42.3 Å². The molecule has 1 saturated heterocycles. The Morgan fingerprint density at radius 2 is 1.94 bits per heavy atom. The fourth-order valence-corrected chi connectivity index (χ4v) is 4.38. The smallest absolute Gasteiger partial charge is 0.256 e. The molecule has 0 spiro atoms. The summed E-state index contributed by atoms with van der Waals surface area (Å²) in [5.74, 6) is 1.44. The fraction of sp³-hybridized carbons (Fsp3) is 0.304. The number of rotatable bonds is 5. The number of benzene rings is 1. The SMILES string of the molecule is CC1CCCN(C(=O)c2c(Cl)cccc2-c2ncccn2)C1CNc1ccc(Cl)cn1. The lowest BCUT2D eigenvalue weighted by molar-refractivity contribution is 0.0541. The van der Waals surface area contributed by atoms with Crippen molar-refractivity contribution in [2.24, 2.45) is 5.92 Å². The van der Waals surface area contributed by atoms with Crippen LogP contribution in [0, 0.1) is 5.92 Å². The molecule has 1 aliphatic heterocycles. The Morgan fingerprint density at radius 1 is 1.13 bits per heavy atom. The molecule has 1 fully saturated rings. The van der Waals surface area contributed by atoms with Gasteiger partial charge in [0.15, 0.2) is 5.82 Å². The normalized spacial score (nSPS) is 18.6. The van der Waals surface area contributed by atoms with E-state index in [1.54, 1.807) is 36.8 Å². The Hall–Kier alpha value is -2.70. The molecule has 0 radical (unpaired) electrons. The maximum absolute atomic E-state index is 13.8. The number of halogens is 2. The van der Waals surface area contributed by atoms with Crippen molar-refractivity contribution < 1.29 is 4.79 Å². The number of nitrogens with zero attached hydrogens (tertiary/aromatic N) is 4. The maximum atomic E-state index is 13.8. The average Bonchev–Trinajstić information content (AvgIpc) is 2.79. The predicted molar refractivity (Wildman–Crippen MR) is 123 cm³/mol. The van der Waals surface area contributed by atoms with Crippen LogP contribution < -0.4 is 5.32 Å². The third-order valence-electron chi connectivity index (χ3n) is 5.63. The second-order valence-corrected chi connectivity index (χ2v) is 8.51. The van der Waals surface area contributed by atoms with Gasteiger partial charge >= 0.3 is 0 Å². The summed E-state index contributed by atoms with van der Waals surface area (Å²) in [7, 11) is 0. The van der Waals surface area contributed by atoms with Gasteiger partial charge < -0.3 is 10.2 Å².